The van der Waals surface area contributed by atoms with Crippen LogP contribution in [0.2, 0.25) is 0 Å². The van der Waals surface area contributed by atoms with Crippen LogP contribution in [0.1, 0.15) is 56.1 Å². The van der Waals surface area contributed by atoms with Crippen molar-refractivity contribution in [3.8, 4) is 0 Å². The first kappa shape index (κ1) is 28.5. The van der Waals surface area contributed by atoms with E-state index in [0.717, 1.165) is 16.0 Å². The molecule has 0 saturated carbocycles. The number of carbonyl (C=O) groups is 4. The van der Waals surface area contributed by atoms with Crippen molar-refractivity contribution in [2.45, 2.75) is 44.7 Å². The number of amides is 4. The summed E-state index contributed by atoms with van der Waals surface area (Å²) in [5.41, 5.74) is 7.85. The van der Waals surface area contributed by atoms with Crippen LogP contribution in [0.5, 0.6) is 0 Å². The van der Waals surface area contributed by atoms with Crippen LogP contribution < -0.4 is 16.2 Å². The number of rotatable bonds is 5. The first-order valence-corrected chi connectivity index (χ1v) is 15.3. The zero-order valence-electron chi connectivity index (χ0n) is 22.5. The standard InChI is InChI=1S/C28H29N5O6S2/c1-17(34)30-31-27(37)25-23-12-13-32(18(2)35)16-24(23)40-28(25)29-26(36)20-7-9-22(10-8-20)41(38,39)33-14-11-19-5-3-4-6-21(19)15-33/h3-10H,11-16H2,1-2H3,(H,29,36)(H,30,34)(H,31,37). The van der Waals surface area contributed by atoms with Crippen LogP contribution >= 0.6 is 11.3 Å². The van der Waals surface area contributed by atoms with Crippen LogP contribution in [0.4, 0.5) is 5.00 Å². The van der Waals surface area contributed by atoms with Crippen LogP contribution in [0.25, 0.3) is 0 Å². The summed E-state index contributed by atoms with van der Waals surface area (Å²) in [6.07, 6.45) is 1.04. The molecular formula is C28H29N5O6S2. The Morgan fingerprint density at radius 2 is 1.54 bits per heavy atom. The van der Waals surface area contributed by atoms with Gasteiger partial charge in [0.1, 0.15) is 5.00 Å². The Hall–Kier alpha value is -4.07. The number of nitrogens with one attached hydrogen (secondary N) is 3. The Labute approximate surface area is 241 Å². The second-order valence-corrected chi connectivity index (χ2v) is 12.9. The molecule has 1 aromatic heterocycles. The molecule has 11 nitrogen and oxygen atoms in total. The minimum atomic E-state index is -3.77. The van der Waals surface area contributed by atoms with Crippen LogP contribution in [0.15, 0.2) is 53.4 Å². The third-order valence-corrected chi connectivity index (χ3v) is 10.1. The van der Waals surface area contributed by atoms with E-state index in [1.54, 1.807) is 4.90 Å². The fourth-order valence-corrected chi connectivity index (χ4v) is 7.66. The number of thiophene rings is 1. The molecule has 0 spiro atoms. The molecule has 0 bridgehead atoms. The zero-order chi connectivity index (χ0) is 29.3. The molecule has 2 aliphatic heterocycles. The van der Waals surface area contributed by atoms with Gasteiger partial charge in [0.2, 0.25) is 21.8 Å². The number of sulfonamides is 1. The SMILES string of the molecule is CC(=O)NNC(=O)c1c(NC(=O)c2ccc(S(=O)(=O)N3CCc4ccccc4C3)cc2)sc2c1CCN(C(C)=O)C2. The van der Waals surface area contributed by atoms with Crippen molar-refractivity contribution in [3.63, 3.8) is 0 Å². The highest BCUT2D eigenvalue weighted by molar-refractivity contribution is 7.89. The van der Waals surface area contributed by atoms with E-state index in [9.17, 15) is 27.6 Å². The van der Waals surface area contributed by atoms with E-state index in [1.165, 1.54) is 53.8 Å². The van der Waals surface area contributed by atoms with Gasteiger partial charge < -0.3 is 10.2 Å². The van der Waals surface area contributed by atoms with Crippen molar-refractivity contribution >= 4 is 50.0 Å². The van der Waals surface area contributed by atoms with E-state index >= 15 is 0 Å². The van der Waals surface area contributed by atoms with E-state index in [1.807, 2.05) is 24.3 Å². The molecule has 0 radical (unpaired) electrons. The van der Waals surface area contributed by atoms with Gasteiger partial charge in [-0.15, -0.1) is 11.3 Å². The number of anilines is 1. The Morgan fingerprint density at radius 3 is 2.22 bits per heavy atom. The molecule has 0 aliphatic carbocycles. The second-order valence-electron chi connectivity index (χ2n) is 9.87. The third kappa shape index (κ3) is 5.87. The summed E-state index contributed by atoms with van der Waals surface area (Å²) >= 11 is 1.19. The van der Waals surface area contributed by atoms with Crippen molar-refractivity contribution in [1.29, 1.82) is 0 Å². The summed E-state index contributed by atoms with van der Waals surface area (Å²) in [7, 11) is -3.77. The van der Waals surface area contributed by atoms with Gasteiger partial charge in [-0.05, 0) is 53.8 Å². The monoisotopic (exact) mass is 595 g/mol. The first-order valence-electron chi connectivity index (χ1n) is 13.0. The summed E-state index contributed by atoms with van der Waals surface area (Å²) in [4.78, 5) is 52.0. The molecule has 13 heteroatoms. The summed E-state index contributed by atoms with van der Waals surface area (Å²) in [5.74, 6) is -1.67. The van der Waals surface area contributed by atoms with Gasteiger partial charge in [-0.2, -0.15) is 4.31 Å². The quantitative estimate of drug-likeness (QED) is 0.387. The lowest BCUT2D eigenvalue weighted by Crippen LogP contribution is -2.41. The maximum atomic E-state index is 13.3. The van der Waals surface area contributed by atoms with Crippen LogP contribution in [-0.4, -0.2) is 54.3 Å². The van der Waals surface area contributed by atoms with Crippen LogP contribution in [0.3, 0.4) is 0 Å². The maximum absolute atomic E-state index is 13.3. The first-order chi connectivity index (χ1) is 19.5. The summed E-state index contributed by atoms with van der Waals surface area (Å²) < 4.78 is 28.1. The highest BCUT2D eigenvalue weighted by Gasteiger charge is 2.31. The van der Waals surface area contributed by atoms with E-state index in [-0.39, 0.29) is 33.5 Å². The Balaban J connectivity index is 1.36. The predicted molar refractivity (Wildman–Crippen MR) is 153 cm³/mol. The van der Waals surface area contributed by atoms with Gasteiger partial charge in [0.05, 0.1) is 17.0 Å². The van der Waals surface area contributed by atoms with E-state index in [0.29, 0.717) is 38.0 Å². The van der Waals surface area contributed by atoms with E-state index < -0.39 is 27.7 Å². The number of hydrogen-bond donors (Lipinski definition) is 3. The molecular weight excluding hydrogens is 566 g/mol. The predicted octanol–water partition coefficient (Wildman–Crippen LogP) is 2.43. The number of nitrogens with zero attached hydrogens (tertiary/aromatic N) is 2. The van der Waals surface area contributed by atoms with Crippen molar-refractivity contribution in [1.82, 2.24) is 20.1 Å². The Bertz CT molecular complexity index is 1650. The Morgan fingerprint density at radius 1 is 0.829 bits per heavy atom. The van der Waals surface area contributed by atoms with Gasteiger partial charge in [-0.1, -0.05) is 24.3 Å². The van der Waals surface area contributed by atoms with E-state index in [2.05, 4.69) is 16.2 Å². The second kappa shape index (κ2) is 11.4. The zero-order valence-corrected chi connectivity index (χ0v) is 24.2. The van der Waals surface area contributed by atoms with Gasteiger partial charge in [-0.3, -0.25) is 30.0 Å². The number of benzene rings is 2. The fraction of sp³-hybridized carbons (Fsp3) is 0.286. The molecule has 0 saturated heterocycles. The number of hydrazine groups is 1. The molecule has 0 unspecified atom stereocenters. The molecule has 3 heterocycles. The lowest BCUT2D eigenvalue weighted by molar-refractivity contribution is -0.129. The number of hydrogen-bond acceptors (Lipinski definition) is 7. The Kier molecular flexibility index (Phi) is 7.93. The molecule has 214 valence electrons. The number of carbonyl (C=O) groups excluding carboxylic acids is 4. The summed E-state index contributed by atoms with van der Waals surface area (Å²) in [6.45, 7) is 4.11. The molecule has 2 aromatic carbocycles. The van der Waals surface area contributed by atoms with Crippen molar-refractivity contribution in [2.24, 2.45) is 0 Å². The highest BCUT2D eigenvalue weighted by Crippen LogP contribution is 2.37. The molecule has 2 aliphatic rings. The van der Waals surface area contributed by atoms with Gasteiger partial charge in [0, 0.05) is 43.9 Å². The number of fused-ring (bicyclic) bond motifs is 2. The van der Waals surface area contributed by atoms with Crippen molar-refractivity contribution < 1.29 is 27.6 Å². The molecule has 3 N–H and O–H groups in total. The molecule has 4 amide bonds. The van der Waals surface area contributed by atoms with E-state index in [4.69, 9.17) is 0 Å². The largest absolute Gasteiger partial charge is 0.337 e. The normalized spacial score (nSPS) is 14.9. The van der Waals surface area contributed by atoms with Gasteiger partial charge in [0.15, 0.2) is 0 Å². The van der Waals surface area contributed by atoms with Crippen LogP contribution in [0, 0.1) is 0 Å². The molecule has 0 fully saturated rings. The highest BCUT2D eigenvalue weighted by atomic mass is 32.2. The minimum absolute atomic E-state index is 0.0831. The average molecular weight is 596 g/mol. The van der Waals surface area contributed by atoms with Crippen LogP contribution in [-0.2, 0) is 45.5 Å². The molecule has 0 atom stereocenters. The van der Waals surface area contributed by atoms with Gasteiger partial charge in [-0.25, -0.2) is 8.42 Å². The lowest BCUT2D eigenvalue weighted by Gasteiger charge is -2.28. The van der Waals surface area contributed by atoms with Gasteiger partial charge >= 0.3 is 0 Å². The summed E-state index contributed by atoms with van der Waals surface area (Å²) in [6, 6.07) is 13.4. The van der Waals surface area contributed by atoms with Crippen molar-refractivity contribution in [3.05, 3.63) is 81.2 Å². The van der Waals surface area contributed by atoms with Crippen molar-refractivity contribution in [2.75, 3.05) is 18.4 Å². The minimum Gasteiger partial charge on any atom is -0.337 e. The lowest BCUT2D eigenvalue weighted by atomic mass is 10.0. The molecule has 41 heavy (non-hydrogen) atoms. The average Bonchev–Trinajstić information content (AvgIpc) is 3.32. The van der Waals surface area contributed by atoms with Gasteiger partial charge in [0.25, 0.3) is 11.8 Å². The maximum Gasteiger partial charge on any atom is 0.272 e. The fourth-order valence-electron chi connectivity index (χ4n) is 4.99. The smallest absolute Gasteiger partial charge is 0.272 e. The summed E-state index contributed by atoms with van der Waals surface area (Å²) in [5, 5.41) is 3.05. The topological polar surface area (TPSA) is 145 Å². The molecule has 3 aromatic rings. The molecule has 5 rings (SSSR count). The third-order valence-electron chi connectivity index (χ3n) is 7.16.